The van der Waals surface area contributed by atoms with Crippen molar-refractivity contribution in [1.29, 1.82) is 0 Å². The zero-order chi connectivity index (χ0) is 29.2. The summed E-state index contributed by atoms with van der Waals surface area (Å²) >= 11 is 0. The van der Waals surface area contributed by atoms with Gasteiger partial charge in [0.05, 0.1) is 19.3 Å². The molecule has 3 fully saturated rings. The summed E-state index contributed by atoms with van der Waals surface area (Å²) in [6.45, 7) is 2.42. The number of carbonyl (C=O) groups is 2. The van der Waals surface area contributed by atoms with Crippen molar-refractivity contribution in [3.05, 3.63) is 0 Å². The van der Waals surface area contributed by atoms with Crippen molar-refractivity contribution < 1.29 is 74.1 Å². The third kappa shape index (κ3) is 7.20. The lowest BCUT2D eigenvalue weighted by atomic mass is 9.94. The van der Waals surface area contributed by atoms with E-state index in [-0.39, 0.29) is 0 Å². The summed E-state index contributed by atoms with van der Waals surface area (Å²) in [6.07, 6.45) is -19.6. The van der Waals surface area contributed by atoms with E-state index in [1.54, 1.807) is 0 Å². The number of aliphatic hydroxyl groups excluding tert-OH is 8. The fraction of sp³-hybridized carbons (Fsp3) is 0.909. The van der Waals surface area contributed by atoms with E-state index >= 15 is 0 Å². The number of amides is 2. The minimum atomic E-state index is -1.77. The summed E-state index contributed by atoms with van der Waals surface area (Å²) in [6, 6.07) is -2.80. The molecule has 0 aromatic heterocycles. The molecule has 0 aromatic rings. The maximum atomic E-state index is 11.8. The molecular weight excluding hydrogens is 532 g/mol. The second kappa shape index (κ2) is 13.4. The van der Waals surface area contributed by atoms with Crippen molar-refractivity contribution in [2.75, 3.05) is 13.2 Å². The van der Waals surface area contributed by atoms with Gasteiger partial charge in [-0.3, -0.25) is 9.59 Å². The van der Waals surface area contributed by atoms with Crippen LogP contribution in [0.25, 0.3) is 0 Å². The van der Waals surface area contributed by atoms with Crippen LogP contribution in [0.15, 0.2) is 0 Å². The van der Waals surface area contributed by atoms with Crippen molar-refractivity contribution >= 4 is 11.8 Å². The summed E-state index contributed by atoms with van der Waals surface area (Å²) in [7, 11) is 0. The topological polar surface area (TPSA) is 266 Å². The number of rotatable bonds is 8. The maximum absolute atomic E-state index is 11.8. The van der Waals surface area contributed by atoms with Gasteiger partial charge in [-0.2, -0.15) is 0 Å². The molecule has 0 aromatic carbocycles. The fourth-order valence-electron chi connectivity index (χ4n) is 4.71. The number of nitrogens with one attached hydrogen (secondary N) is 2. The summed E-state index contributed by atoms with van der Waals surface area (Å²) in [5.74, 6) is -1.25. The lowest BCUT2D eigenvalue weighted by Crippen LogP contribution is -2.69. The van der Waals surface area contributed by atoms with Gasteiger partial charge in [-0.25, -0.2) is 0 Å². The smallest absolute Gasteiger partial charge is 0.217 e. The van der Waals surface area contributed by atoms with Crippen LogP contribution in [0.4, 0.5) is 0 Å². The molecule has 0 aliphatic carbocycles. The van der Waals surface area contributed by atoms with Gasteiger partial charge in [0, 0.05) is 13.8 Å². The molecule has 0 bridgehead atoms. The van der Waals surface area contributed by atoms with Gasteiger partial charge < -0.3 is 75.2 Å². The van der Waals surface area contributed by atoms with Gasteiger partial charge in [0.1, 0.15) is 67.0 Å². The molecule has 3 saturated heterocycles. The Labute approximate surface area is 223 Å². The highest BCUT2D eigenvalue weighted by Gasteiger charge is 2.52. The zero-order valence-electron chi connectivity index (χ0n) is 21.5. The van der Waals surface area contributed by atoms with Gasteiger partial charge in [0.2, 0.25) is 11.8 Å². The first-order chi connectivity index (χ1) is 18.3. The van der Waals surface area contributed by atoms with E-state index < -0.39 is 117 Å². The van der Waals surface area contributed by atoms with Crippen LogP contribution in [0, 0.1) is 0 Å². The van der Waals surface area contributed by atoms with Gasteiger partial charge in [-0.1, -0.05) is 0 Å². The highest BCUT2D eigenvalue weighted by Crippen LogP contribution is 2.30. The first-order valence-corrected chi connectivity index (χ1v) is 12.4. The number of carbonyl (C=O) groups excluding carboxylic acids is 2. The van der Waals surface area contributed by atoms with Crippen LogP contribution in [0.3, 0.4) is 0 Å². The summed E-state index contributed by atoms with van der Waals surface area (Å²) < 4.78 is 27.9. The lowest BCUT2D eigenvalue weighted by Gasteiger charge is -2.48. The molecule has 226 valence electrons. The van der Waals surface area contributed by atoms with E-state index in [9.17, 15) is 50.4 Å². The summed E-state index contributed by atoms with van der Waals surface area (Å²) in [5.41, 5.74) is 0. The minimum Gasteiger partial charge on any atom is -0.394 e. The van der Waals surface area contributed by atoms with Gasteiger partial charge in [0.15, 0.2) is 18.9 Å². The van der Waals surface area contributed by atoms with Crippen molar-refractivity contribution in [3.8, 4) is 0 Å². The molecule has 3 rings (SSSR count). The standard InChI is InChI=1S/C22H38N2O15/c1-6-13(28)17(32)18(33)22(36-6)35-5-10-19(16(31)11(20(34)37-10)23-7(2)26)39-21-12(24-8(3)27)15(30)14(29)9(4-25)38-21/h6,9-22,25,28-34H,4-5H2,1-3H3,(H,23,26)(H,24,27)/t6-,9+,10+,11+,12+,13+,14+,15+,16+,17+,18-,19+,20-,21-,22+/m0/s1. The molecule has 3 aliphatic rings. The number of hydrogen-bond donors (Lipinski definition) is 10. The largest absolute Gasteiger partial charge is 0.394 e. The zero-order valence-corrected chi connectivity index (χ0v) is 21.5. The van der Waals surface area contributed by atoms with E-state index in [2.05, 4.69) is 10.6 Å². The minimum absolute atomic E-state index is 0.547. The van der Waals surface area contributed by atoms with Crippen LogP contribution in [0.1, 0.15) is 20.8 Å². The van der Waals surface area contributed by atoms with Gasteiger partial charge in [0.25, 0.3) is 0 Å². The van der Waals surface area contributed by atoms with E-state index in [1.807, 2.05) is 0 Å². The average molecular weight is 571 g/mol. The summed E-state index contributed by atoms with van der Waals surface area (Å²) in [5, 5.41) is 86.8. The molecule has 3 aliphatic heterocycles. The Morgan fingerprint density at radius 1 is 0.718 bits per heavy atom. The Morgan fingerprint density at radius 2 is 1.33 bits per heavy atom. The second-order valence-electron chi connectivity index (χ2n) is 9.83. The molecule has 0 spiro atoms. The molecule has 2 amide bonds. The fourth-order valence-corrected chi connectivity index (χ4v) is 4.71. The average Bonchev–Trinajstić information content (AvgIpc) is 2.87. The Morgan fingerprint density at radius 3 is 1.92 bits per heavy atom. The van der Waals surface area contributed by atoms with Crippen LogP contribution in [-0.4, -0.2) is 158 Å². The Balaban J connectivity index is 1.84. The Hall–Kier alpha value is -1.58. The monoisotopic (exact) mass is 570 g/mol. The van der Waals surface area contributed by atoms with Gasteiger partial charge >= 0.3 is 0 Å². The van der Waals surface area contributed by atoms with Crippen molar-refractivity contribution in [1.82, 2.24) is 10.6 Å². The normalized spacial score (nSPS) is 46.9. The quantitative estimate of drug-likeness (QED) is 0.130. The third-order valence-electron chi connectivity index (χ3n) is 6.84. The first-order valence-electron chi connectivity index (χ1n) is 12.4. The Kier molecular flexibility index (Phi) is 11.0. The van der Waals surface area contributed by atoms with E-state index in [4.69, 9.17) is 23.7 Å². The molecule has 17 heteroatoms. The first kappa shape index (κ1) is 31.9. The molecular formula is C22H38N2O15. The van der Waals surface area contributed by atoms with Crippen molar-refractivity contribution in [2.24, 2.45) is 0 Å². The maximum Gasteiger partial charge on any atom is 0.217 e. The van der Waals surface area contributed by atoms with Crippen LogP contribution >= 0.6 is 0 Å². The van der Waals surface area contributed by atoms with E-state index in [0.29, 0.717) is 0 Å². The lowest BCUT2D eigenvalue weighted by molar-refractivity contribution is -0.340. The molecule has 3 heterocycles. The van der Waals surface area contributed by atoms with Crippen molar-refractivity contribution in [2.45, 2.75) is 113 Å². The van der Waals surface area contributed by atoms with Crippen LogP contribution in [0.5, 0.6) is 0 Å². The molecule has 39 heavy (non-hydrogen) atoms. The molecule has 17 nitrogen and oxygen atoms in total. The molecule has 10 N–H and O–H groups in total. The van der Waals surface area contributed by atoms with Crippen LogP contribution in [0.2, 0.25) is 0 Å². The number of hydrogen-bond acceptors (Lipinski definition) is 15. The highest BCUT2D eigenvalue weighted by molar-refractivity contribution is 5.73. The van der Waals surface area contributed by atoms with Gasteiger partial charge in [-0.15, -0.1) is 0 Å². The molecule has 0 unspecified atom stereocenters. The number of aliphatic hydroxyl groups is 8. The SMILES string of the molecule is CC(=O)N[C@@H]1[C@@H](O)[C@H](O[C@@H]2O[C@H](CO)[C@@H](O)[C@H](O)[C@H]2NC(C)=O)[C@@H](CO[C@@H]2O[C@@H](C)[C@@H](O)[C@@H](O)[C@@H]2O)O[C@@H]1O. The third-order valence-corrected chi connectivity index (χ3v) is 6.84. The van der Waals surface area contributed by atoms with E-state index in [1.165, 1.54) is 6.92 Å². The van der Waals surface area contributed by atoms with Gasteiger partial charge in [-0.05, 0) is 6.92 Å². The highest BCUT2D eigenvalue weighted by atomic mass is 16.7. The predicted octanol–water partition coefficient (Wildman–Crippen LogP) is -6.26. The molecule has 15 atom stereocenters. The summed E-state index contributed by atoms with van der Waals surface area (Å²) in [4.78, 5) is 23.4. The van der Waals surface area contributed by atoms with E-state index in [0.717, 1.165) is 13.8 Å². The second-order valence-corrected chi connectivity index (χ2v) is 9.83. The van der Waals surface area contributed by atoms with Crippen LogP contribution in [-0.2, 0) is 33.3 Å². The predicted molar refractivity (Wildman–Crippen MR) is 123 cm³/mol. The van der Waals surface area contributed by atoms with Crippen molar-refractivity contribution in [3.63, 3.8) is 0 Å². The molecule has 0 saturated carbocycles. The Bertz CT molecular complexity index is 837. The van der Waals surface area contributed by atoms with Crippen LogP contribution < -0.4 is 10.6 Å². The molecule has 0 radical (unpaired) electrons. The number of ether oxygens (including phenoxy) is 5.